The summed E-state index contributed by atoms with van der Waals surface area (Å²) >= 11 is 13.6. The first-order valence-corrected chi connectivity index (χ1v) is 6.46. The van der Waals surface area contributed by atoms with Crippen molar-refractivity contribution in [2.45, 2.75) is 16.1 Å². The van der Waals surface area contributed by atoms with Crippen LogP contribution in [-0.2, 0) is 0 Å². The summed E-state index contributed by atoms with van der Waals surface area (Å²) in [7, 11) is 0. The molecule has 0 aromatic heterocycles. The summed E-state index contributed by atoms with van der Waals surface area (Å²) < 4.78 is 1.41. The minimum absolute atomic E-state index is 0.126. The molecule has 0 bridgehead atoms. The topological polar surface area (TPSA) is 20.2 Å². The molecular formula is C7H6Br4O. The molecule has 1 aliphatic rings. The molecular weight excluding hydrogens is 420 g/mol. The van der Waals surface area contributed by atoms with E-state index in [1.165, 1.54) is 0 Å². The zero-order chi connectivity index (χ0) is 9.52. The Labute approximate surface area is 105 Å². The van der Waals surface area contributed by atoms with Gasteiger partial charge in [-0.3, -0.25) is 0 Å². The number of halogens is 4. The minimum Gasteiger partial charge on any atom is -0.510 e. The minimum atomic E-state index is -0.283. The van der Waals surface area contributed by atoms with Crippen LogP contribution in [-0.4, -0.2) is 14.3 Å². The van der Waals surface area contributed by atoms with Crippen molar-refractivity contribution in [2.75, 3.05) is 0 Å². The second kappa shape index (κ2) is 3.75. The maximum Gasteiger partial charge on any atom is 0.122 e. The zero-order valence-electron chi connectivity index (χ0n) is 6.11. The Morgan fingerprint density at radius 3 is 2.50 bits per heavy atom. The SMILES string of the molecule is CC1(Br)C(Br)=CC(Br)=C(O)C1Br. The Balaban J connectivity index is 3.16. The highest BCUT2D eigenvalue weighted by Crippen LogP contribution is 2.46. The van der Waals surface area contributed by atoms with Gasteiger partial charge in [0.2, 0.25) is 0 Å². The van der Waals surface area contributed by atoms with Gasteiger partial charge in [0.15, 0.2) is 0 Å². The van der Waals surface area contributed by atoms with Crippen molar-refractivity contribution >= 4 is 63.7 Å². The summed E-state index contributed by atoms with van der Waals surface area (Å²) in [5.74, 6) is 0.303. The van der Waals surface area contributed by atoms with Crippen molar-refractivity contribution in [1.82, 2.24) is 0 Å². The van der Waals surface area contributed by atoms with E-state index in [0.29, 0.717) is 10.2 Å². The third kappa shape index (κ3) is 1.83. The lowest BCUT2D eigenvalue weighted by molar-refractivity contribution is 0.383. The van der Waals surface area contributed by atoms with Crippen molar-refractivity contribution < 1.29 is 5.11 Å². The van der Waals surface area contributed by atoms with E-state index in [0.717, 1.165) is 4.48 Å². The molecule has 0 aromatic rings. The molecule has 0 heterocycles. The van der Waals surface area contributed by atoms with Crippen LogP contribution in [0.1, 0.15) is 6.92 Å². The summed E-state index contributed by atoms with van der Waals surface area (Å²) in [4.78, 5) is -0.126. The Hall–Kier alpha value is 1.20. The predicted octanol–water partition coefficient (Wildman–Crippen LogP) is 4.36. The Bertz CT molecular complexity index is 267. The number of alkyl halides is 2. The first kappa shape index (κ1) is 11.3. The van der Waals surface area contributed by atoms with E-state index in [1.54, 1.807) is 0 Å². The second-order valence-electron chi connectivity index (χ2n) is 2.66. The van der Waals surface area contributed by atoms with Crippen molar-refractivity contribution in [3.63, 3.8) is 0 Å². The standard InChI is InChI=1S/C7H6Br4O/c1-7(11)4(9)2-3(8)5(12)6(7)10/h2,6,12H,1H3. The molecule has 1 rings (SSSR count). The third-order valence-electron chi connectivity index (χ3n) is 1.68. The molecule has 1 nitrogen and oxygen atoms in total. The lowest BCUT2D eigenvalue weighted by Gasteiger charge is -2.31. The molecule has 12 heavy (non-hydrogen) atoms. The van der Waals surface area contributed by atoms with Crippen molar-refractivity contribution in [2.24, 2.45) is 0 Å². The maximum absolute atomic E-state index is 9.59. The van der Waals surface area contributed by atoms with Gasteiger partial charge in [0, 0.05) is 4.48 Å². The molecule has 0 aromatic carbocycles. The summed E-state index contributed by atoms with van der Waals surface area (Å²) in [6, 6.07) is 0. The van der Waals surface area contributed by atoms with Crippen LogP contribution in [0.15, 0.2) is 20.8 Å². The Kier molecular flexibility index (Phi) is 3.52. The van der Waals surface area contributed by atoms with Crippen molar-refractivity contribution in [3.8, 4) is 0 Å². The van der Waals surface area contributed by atoms with Crippen LogP contribution in [0.3, 0.4) is 0 Å². The normalized spacial score (nSPS) is 36.8. The fourth-order valence-corrected chi connectivity index (χ4v) is 3.49. The van der Waals surface area contributed by atoms with E-state index in [1.807, 2.05) is 13.0 Å². The van der Waals surface area contributed by atoms with E-state index in [4.69, 9.17) is 0 Å². The summed E-state index contributed by atoms with van der Waals surface area (Å²) in [5.41, 5.74) is 0. The first-order chi connectivity index (χ1) is 5.37. The summed E-state index contributed by atoms with van der Waals surface area (Å²) in [6.45, 7) is 1.97. The van der Waals surface area contributed by atoms with Gasteiger partial charge in [-0.05, 0) is 28.9 Å². The Morgan fingerprint density at radius 1 is 1.50 bits per heavy atom. The lowest BCUT2D eigenvalue weighted by atomic mass is 10.0. The van der Waals surface area contributed by atoms with Gasteiger partial charge in [-0.25, -0.2) is 0 Å². The van der Waals surface area contributed by atoms with Gasteiger partial charge >= 0.3 is 0 Å². The van der Waals surface area contributed by atoms with Crippen LogP contribution in [0.25, 0.3) is 0 Å². The van der Waals surface area contributed by atoms with Crippen LogP contribution < -0.4 is 0 Å². The van der Waals surface area contributed by atoms with Crippen LogP contribution in [0.4, 0.5) is 0 Å². The number of allylic oxidation sites excluding steroid dienone is 4. The maximum atomic E-state index is 9.59. The van der Waals surface area contributed by atoms with Crippen molar-refractivity contribution in [1.29, 1.82) is 0 Å². The quantitative estimate of drug-likeness (QED) is 0.572. The molecule has 5 heteroatoms. The fourth-order valence-electron chi connectivity index (χ4n) is 0.825. The van der Waals surface area contributed by atoms with Crippen molar-refractivity contribution in [3.05, 3.63) is 20.8 Å². The smallest absolute Gasteiger partial charge is 0.122 e. The van der Waals surface area contributed by atoms with Gasteiger partial charge in [0.1, 0.15) is 5.76 Å². The average molecular weight is 426 g/mol. The number of hydrogen-bond acceptors (Lipinski definition) is 1. The second-order valence-corrected chi connectivity index (χ2v) is 6.94. The van der Waals surface area contributed by atoms with Crippen LogP contribution in [0, 0.1) is 0 Å². The number of rotatable bonds is 0. The highest BCUT2D eigenvalue weighted by Gasteiger charge is 2.39. The molecule has 0 radical (unpaired) electrons. The first-order valence-electron chi connectivity index (χ1n) is 3.16. The third-order valence-corrected chi connectivity index (χ3v) is 6.75. The van der Waals surface area contributed by atoms with Gasteiger partial charge in [0.05, 0.1) is 13.6 Å². The monoisotopic (exact) mass is 422 g/mol. The molecule has 1 N–H and O–H groups in total. The van der Waals surface area contributed by atoms with E-state index in [9.17, 15) is 5.11 Å². The zero-order valence-corrected chi connectivity index (χ0v) is 12.5. The Morgan fingerprint density at radius 2 is 2.00 bits per heavy atom. The molecule has 0 fully saturated rings. The van der Waals surface area contributed by atoms with Crippen LogP contribution in [0.2, 0.25) is 0 Å². The molecule has 0 saturated heterocycles. The van der Waals surface area contributed by atoms with Crippen LogP contribution >= 0.6 is 63.7 Å². The van der Waals surface area contributed by atoms with E-state index < -0.39 is 0 Å². The highest BCUT2D eigenvalue weighted by molar-refractivity contribution is 9.15. The predicted molar refractivity (Wildman–Crippen MR) is 65.6 cm³/mol. The summed E-state index contributed by atoms with van der Waals surface area (Å²) in [6.07, 6.45) is 1.84. The molecule has 0 saturated carbocycles. The number of aliphatic hydroxyl groups excluding tert-OH is 1. The highest BCUT2D eigenvalue weighted by atomic mass is 79.9. The molecule has 0 amide bonds. The van der Waals surface area contributed by atoms with Gasteiger partial charge in [0.25, 0.3) is 0 Å². The molecule has 2 unspecified atom stereocenters. The van der Waals surface area contributed by atoms with Gasteiger partial charge < -0.3 is 5.11 Å². The molecule has 2 atom stereocenters. The fraction of sp³-hybridized carbons (Fsp3) is 0.429. The largest absolute Gasteiger partial charge is 0.510 e. The molecule has 0 spiro atoms. The van der Waals surface area contributed by atoms with Crippen LogP contribution in [0.5, 0.6) is 0 Å². The van der Waals surface area contributed by atoms with E-state index >= 15 is 0 Å². The summed E-state index contributed by atoms with van der Waals surface area (Å²) in [5, 5.41) is 9.59. The lowest BCUT2D eigenvalue weighted by Crippen LogP contribution is -2.33. The average Bonchev–Trinajstić information content (AvgIpc) is 1.99. The number of hydrogen-bond donors (Lipinski definition) is 1. The van der Waals surface area contributed by atoms with Gasteiger partial charge in [-0.1, -0.05) is 47.8 Å². The van der Waals surface area contributed by atoms with E-state index in [-0.39, 0.29) is 9.15 Å². The number of aliphatic hydroxyl groups is 1. The van der Waals surface area contributed by atoms with Gasteiger partial charge in [-0.15, -0.1) is 0 Å². The molecule has 68 valence electrons. The van der Waals surface area contributed by atoms with Gasteiger partial charge in [-0.2, -0.15) is 0 Å². The van der Waals surface area contributed by atoms with E-state index in [2.05, 4.69) is 63.7 Å². The molecule has 1 aliphatic carbocycles. The molecule has 0 aliphatic heterocycles.